The third kappa shape index (κ3) is 4.15. The average Bonchev–Trinajstić information content (AvgIpc) is 2.56. The average molecular weight is 382 g/mol. The Balaban J connectivity index is 2.23. The lowest BCUT2D eigenvalue weighted by Crippen LogP contribution is -2.45. The van der Waals surface area contributed by atoms with Crippen molar-refractivity contribution in [3.8, 4) is 12.1 Å². The Bertz CT molecular complexity index is 906. The van der Waals surface area contributed by atoms with Crippen LogP contribution in [-0.4, -0.2) is 17.1 Å². The molecule has 140 valence electrons. The predicted octanol–water partition coefficient (Wildman–Crippen LogP) is 3.39. The van der Waals surface area contributed by atoms with Crippen molar-refractivity contribution in [2.24, 2.45) is 11.3 Å². The largest absolute Gasteiger partial charge is 0.325 e. The van der Waals surface area contributed by atoms with Crippen molar-refractivity contribution < 1.29 is 9.59 Å². The van der Waals surface area contributed by atoms with Gasteiger partial charge < -0.3 is 10.6 Å². The van der Waals surface area contributed by atoms with Gasteiger partial charge in [0, 0.05) is 11.1 Å². The number of carbonyl (C=O) groups excluding carboxylic acids is 2. The lowest BCUT2D eigenvalue weighted by atomic mass is 9.72. The number of hydrogen-bond acceptors (Lipinski definition) is 5. The number of thioether (sulfide) groups is 1. The fourth-order valence-electron chi connectivity index (χ4n) is 2.93. The minimum absolute atomic E-state index is 0.230. The Morgan fingerprint density at radius 3 is 2.56 bits per heavy atom. The van der Waals surface area contributed by atoms with Gasteiger partial charge in [-0.1, -0.05) is 43.3 Å². The first-order valence-electron chi connectivity index (χ1n) is 8.52. The maximum Gasteiger partial charge on any atom is 0.243 e. The number of hydrogen-bond donors (Lipinski definition) is 2. The van der Waals surface area contributed by atoms with Crippen molar-refractivity contribution in [1.29, 1.82) is 10.5 Å². The molecule has 0 saturated heterocycles. The Morgan fingerprint density at radius 1 is 1.33 bits per heavy atom. The summed E-state index contributed by atoms with van der Waals surface area (Å²) in [5, 5.41) is 24.1. The third-order valence-corrected chi connectivity index (χ3v) is 5.75. The van der Waals surface area contributed by atoms with E-state index in [2.05, 4.69) is 16.7 Å². The summed E-state index contributed by atoms with van der Waals surface area (Å²) in [5.74, 6) is -1.63. The highest BCUT2D eigenvalue weighted by Crippen LogP contribution is 2.42. The van der Waals surface area contributed by atoms with E-state index in [1.165, 1.54) is 0 Å². The molecular formula is C20H22N4O2S. The van der Waals surface area contributed by atoms with Crippen LogP contribution in [0.5, 0.6) is 0 Å². The number of rotatable bonds is 4. The van der Waals surface area contributed by atoms with Crippen LogP contribution in [0, 0.1) is 47.8 Å². The maximum atomic E-state index is 12.6. The second-order valence-electron chi connectivity index (χ2n) is 7.16. The van der Waals surface area contributed by atoms with Crippen LogP contribution >= 0.6 is 11.8 Å². The molecule has 7 heteroatoms. The molecule has 6 nitrogen and oxygen atoms in total. The number of amides is 2. The molecule has 2 atom stereocenters. The number of allylic oxidation sites excluding steroid dienone is 1. The maximum absolute atomic E-state index is 12.6. The van der Waals surface area contributed by atoms with Gasteiger partial charge >= 0.3 is 0 Å². The van der Waals surface area contributed by atoms with Crippen molar-refractivity contribution in [2.45, 2.75) is 39.9 Å². The SMILES string of the molecule is Cc1ccc(NC(=O)[C@@H](C)SC2=C(C#N)C(C)(C)[C@@H](C#N)C(=O)N2)c(C)c1. The first-order chi connectivity index (χ1) is 12.6. The monoisotopic (exact) mass is 382 g/mol. The van der Waals surface area contributed by atoms with Crippen molar-refractivity contribution in [3.05, 3.63) is 39.9 Å². The highest BCUT2D eigenvalue weighted by atomic mass is 32.2. The molecule has 1 aromatic carbocycles. The zero-order chi connectivity index (χ0) is 20.4. The normalized spacial score (nSPS) is 19.5. The molecule has 1 aromatic rings. The quantitative estimate of drug-likeness (QED) is 0.830. The molecule has 0 spiro atoms. The first-order valence-corrected chi connectivity index (χ1v) is 9.40. The molecule has 0 aliphatic carbocycles. The van der Waals surface area contributed by atoms with Crippen molar-refractivity contribution in [2.75, 3.05) is 5.32 Å². The van der Waals surface area contributed by atoms with E-state index in [4.69, 9.17) is 0 Å². The number of nitrogens with one attached hydrogen (secondary N) is 2. The molecular weight excluding hydrogens is 360 g/mol. The molecule has 0 saturated carbocycles. The second-order valence-corrected chi connectivity index (χ2v) is 8.51. The van der Waals surface area contributed by atoms with Gasteiger partial charge in [0.2, 0.25) is 11.8 Å². The number of anilines is 1. The molecule has 2 rings (SSSR count). The van der Waals surface area contributed by atoms with Crippen LogP contribution in [0.3, 0.4) is 0 Å². The van der Waals surface area contributed by atoms with Gasteiger partial charge in [-0.05, 0) is 32.4 Å². The lowest BCUT2D eigenvalue weighted by Gasteiger charge is -2.35. The van der Waals surface area contributed by atoms with Gasteiger partial charge in [-0.3, -0.25) is 9.59 Å². The highest BCUT2D eigenvalue weighted by molar-refractivity contribution is 8.04. The van der Waals surface area contributed by atoms with Crippen molar-refractivity contribution in [1.82, 2.24) is 5.32 Å². The first kappa shape index (κ1) is 20.5. The number of nitrogens with zero attached hydrogens (tertiary/aromatic N) is 2. The predicted molar refractivity (Wildman–Crippen MR) is 105 cm³/mol. The van der Waals surface area contributed by atoms with Crippen LogP contribution in [0.15, 0.2) is 28.8 Å². The van der Waals surface area contributed by atoms with Crippen LogP contribution in [0.2, 0.25) is 0 Å². The molecule has 27 heavy (non-hydrogen) atoms. The van der Waals surface area contributed by atoms with Crippen LogP contribution in [0.1, 0.15) is 31.9 Å². The fourth-order valence-corrected chi connectivity index (χ4v) is 4.04. The minimum Gasteiger partial charge on any atom is -0.325 e. The standard InChI is InChI=1S/C20H22N4O2S/c1-11-6-7-16(12(2)8-11)23-17(25)13(3)27-19-15(10-22)20(4,5)14(9-21)18(26)24-19/h6-8,13-14H,1-5H3,(H,23,25)(H,24,26)/t13-,14+/m1/s1. The summed E-state index contributed by atoms with van der Waals surface area (Å²) in [6.07, 6.45) is 0. The molecule has 0 radical (unpaired) electrons. The third-order valence-electron chi connectivity index (χ3n) is 4.64. The molecule has 1 heterocycles. The Morgan fingerprint density at radius 2 is 2.00 bits per heavy atom. The summed E-state index contributed by atoms with van der Waals surface area (Å²) in [6, 6.07) is 9.81. The Labute approximate surface area is 163 Å². The van der Waals surface area contributed by atoms with E-state index >= 15 is 0 Å². The summed E-state index contributed by atoms with van der Waals surface area (Å²) in [7, 11) is 0. The van der Waals surface area contributed by atoms with Gasteiger partial charge in [0.15, 0.2) is 0 Å². The van der Waals surface area contributed by atoms with Gasteiger partial charge in [-0.25, -0.2) is 0 Å². The van der Waals surface area contributed by atoms with E-state index in [1.54, 1.807) is 20.8 Å². The van der Waals surface area contributed by atoms with E-state index in [9.17, 15) is 20.1 Å². The van der Waals surface area contributed by atoms with Crippen LogP contribution in [0.25, 0.3) is 0 Å². The van der Waals surface area contributed by atoms with Gasteiger partial charge in [0.25, 0.3) is 0 Å². The summed E-state index contributed by atoms with van der Waals surface area (Å²) >= 11 is 1.11. The van der Waals surface area contributed by atoms with E-state index < -0.39 is 22.5 Å². The van der Waals surface area contributed by atoms with Crippen LogP contribution in [0.4, 0.5) is 5.69 Å². The summed E-state index contributed by atoms with van der Waals surface area (Å²) in [5.41, 5.74) is 2.19. The summed E-state index contributed by atoms with van der Waals surface area (Å²) in [4.78, 5) is 24.8. The van der Waals surface area contributed by atoms with Gasteiger partial charge in [0.05, 0.1) is 28.0 Å². The van der Waals surface area contributed by atoms with Crippen LogP contribution < -0.4 is 10.6 Å². The van der Waals surface area contributed by atoms with Gasteiger partial charge in [-0.2, -0.15) is 10.5 Å². The van der Waals surface area contributed by atoms with E-state index in [1.807, 2.05) is 38.1 Å². The fraction of sp³-hybridized carbons (Fsp3) is 0.400. The number of aryl methyl sites for hydroxylation is 2. The summed E-state index contributed by atoms with van der Waals surface area (Å²) in [6.45, 7) is 9.00. The number of nitriles is 2. The topological polar surface area (TPSA) is 106 Å². The van der Waals surface area contributed by atoms with Crippen LogP contribution in [-0.2, 0) is 9.59 Å². The Kier molecular flexibility index (Phi) is 5.98. The Hall–Kier alpha value is -2.77. The van der Waals surface area contributed by atoms with Crippen molar-refractivity contribution in [3.63, 3.8) is 0 Å². The molecule has 1 aliphatic rings. The second kappa shape index (κ2) is 7.85. The van der Waals surface area contributed by atoms with Crippen molar-refractivity contribution >= 4 is 29.3 Å². The molecule has 2 N–H and O–H groups in total. The molecule has 1 aliphatic heterocycles. The molecule has 2 amide bonds. The lowest BCUT2D eigenvalue weighted by molar-refractivity contribution is -0.125. The zero-order valence-electron chi connectivity index (χ0n) is 16.0. The summed E-state index contributed by atoms with van der Waals surface area (Å²) < 4.78 is 0. The minimum atomic E-state index is -0.948. The van der Waals surface area contributed by atoms with E-state index in [0.717, 1.165) is 28.6 Å². The molecule has 0 fully saturated rings. The molecule has 0 bridgehead atoms. The zero-order valence-corrected chi connectivity index (χ0v) is 16.8. The van der Waals surface area contributed by atoms with Gasteiger partial charge in [-0.15, -0.1) is 0 Å². The number of benzene rings is 1. The van der Waals surface area contributed by atoms with Gasteiger partial charge in [0.1, 0.15) is 5.92 Å². The molecule has 0 unspecified atom stereocenters. The number of carbonyl (C=O) groups is 2. The smallest absolute Gasteiger partial charge is 0.243 e. The highest BCUT2D eigenvalue weighted by Gasteiger charge is 2.45. The van der Waals surface area contributed by atoms with E-state index in [-0.39, 0.29) is 5.91 Å². The molecule has 0 aromatic heterocycles. The van der Waals surface area contributed by atoms with E-state index in [0.29, 0.717) is 10.6 Å².